The van der Waals surface area contributed by atoms with E-state index in [4.69, 9.17) is 0 Å². The summed E-state index contributed by atoms with van der Waals surface area (Å²) in [6.45, 7) is 0. The van der Waals surface area contributed by atoms with Crippen molar-refractivity contribution in [3.8, 4) is 0 Å². The molecular formula is C12H11BrN2O4S. The summed E-state index contributed by atoms with van der Waals surface area (Å²) in [5.41, 5.74) is 0.361. The van der Waals surface area contributed by atoms with Gasteiger partial charge in [0, 0.05) is 9.86 Å². The third-order valence-corrected chi connectivity index (χ3v) is 4.13. The van der Waals surface area contributed by atoms with Gasteiger partial charge < -0.3 is 4.74 Å². The first kappa shape index (κ1) is 14.6. The van der Waals surface area contributed by atoms with Gasteiger partial charge in [0.2, 0.25) is 0 Å². The van der Waals surface area contributed by atoms with Crippen molar-refractivity contribution in [1.29, 1.82) is 0 Å². The van der Waals surface area contributed by atoms with E-state index in [1.807, 2.05) is 12.1 Å². The van der Waals surface area contributed by atoms with Crippen molar-refractivity contribution in [2.45, 2.75) is 0 Å². The van der Waals surface area contributed by atoms with Crippen LogP contribution in [-0.2, 0) is 14.9 Å². The van der Waals surface area contributed by atoms with Crippen LogP contribution in [0.25, 0.3) is 10.8 Å². The molecule has 2 rings (SSSR count). The zero-order chi connectivity index (χ0) is 14.8. The van der Waals surface area contributed by atoms with Gasteiger partial charge in [-0.15, -0.1) is 0 Å². The molecular weight excluding hydrogens is 348 g/mol. The lowest BCUT2D eigenvalue weighted by atomic mass is 10.1. The maximum absolute atomic E-state index is 11.8. The largest absolute Gasteiger partial charge is 0.452 e. The second kappa shape index (κ2) is 5.68. The molecule has 0 aliphatic carbocycles. The van der Waals surface area contributed by atoms with E-state index >= 15 is 0 Å². The number of rotatable bonds is 3. The van der Waals surface area contributed by atoms with Crippen molar-refractivity contribution in [2.75, 3.05) is 11.8 Å². The van der Waals surface area contributed by atoms with Gasteiger partial charge in [-0.05, 0) is 17.5 Å². The van der Waals surface area contributed by atoms with Crippen LogP contribution in [0.15, 0.2) is 40.9 Å². The molecule has 106 valence electrons. The van der Waals surface area contributed by atoms with E-state index in [2.05, 4.69) is 25.4 Å². The Morgan fingerprint density at radius 1 is 1.15 bits per heavy atom. The summed E-state index contributed by atoms with van der Waals surface area (Å²) in [6.07, 6.45) is -1.06. The molecule has 6 nitrogen and oxygen atoms in total. The maximum Gasteiger partial charge on any atom is 0.422 e. The van der Waals surface area contributed by atoms with E-state index in [-0.39, 0.29) is 0 Å². The number of ether oxygens (including phenoxy) is 1. The van der Waals surface area contributed by atoms with Gasteiger partial charge in [-0.2, -0.15) is 8.42 Å². The van der Waals surface area contributed by atoms with Gasteiger partial charge >= 0.3 is 16.3 Å². The molecule has 0 aliphatic rings. The fraction of sp³-hybridized carbons (Fsp3) is 0.0833. The molecule has 0 fully saturated rings. The zero-order valence-electron chi connectivity index (χ0n) is 10.4. The molecule has 0 unspecified atom stereocenters. The summed E-state index contributed by atoms with van der Waals surface area (Å²) in [7, 11) is -2.96. The minimum absolute atomic E-state index is 0.361. The number of amides is 1. The number of anilines is 1. The minimum Gasteiger partial charge on any atom is -0.452 e. The molecule has 0 aliphatic heterocycles. The first-order valence-corrected chi connectivity index (χ1v) is 7.76. The number of methoxy groups -OCH3 is 1. The molecule has 0 aromatic heterocycles. The van der Waals surface area contributed by atoms with Crippen molar-refractivity contribution >= 4 is 48.7 Å². The number of nitrogens with one attached hydrogen (secondary N) is 2. The van der Waals surface area contributed by atoms with Gasteiger partial charge in [-0.1, -0.05) is 40.2 Å². The van der Waals surface area contributed by atoms with Crippen LogP contribution in [0.3, 0.4) is 0 Å². The van der Waals surface area contributed by atoms with E-state index in [1.54, 1.807) is 29.0 Å². The van der Waals surface area contributed by atoms with Crippen molar-refractivity contribution in [3.05, 3.63) is 40.9 Å². The molecule has 1 amide bonds. The molecule has 8 heteroatoms. The van der Waals surface area contributed by atoms with E-state index in [9.17, 15) is 13.2 Å². The van der Waals surface area contributed by atoms with Crippen LogP contribution in [0.4, 0.5) is 10.5 Å². The Balaban J connectivity index is 2.40. The summed E-state index contributed by atoms with van der Waals surface area (Å²) >= 11 is 3.40. The highest BCUT2D eigenvalue weighted by Crippen LogP contribution is 2.30. The van der Waals surface area contributed by atoms with Crippen LogP contribution in [0.2, 0.25) is 0 Å². The van der Waals surface area contributed by atoms with Crippen LogP contribution in [0.1, 0.15) is 0 Å². The van der Waals surface area contributed by atoms with Crippen LogP contribution >= 0.6 is 15.9 Å². The average molecular weight is 359 g/mol. The summed E-state index contributed by atoms with van der Waals surface area (Å²) < 4.78 is 32.6. The molecule has 0 radical (unpaired) electrons. The summed E-state index contributed by atoms with van der Waals surface area (Å²) in [5, 5.41) is 1.56. The molecule has 2 aromatic carbocycles. The lowest BCUT2D eigenvalue weighted by molar-refractivity contribution is 0.177. The van der Waals surface area contributed by atoms with Gasteiger partial charge in [0.05, 0.1) is 12.8 Å². The fourth-order valence-corrected chi connectivity index (χ4v) is 2.97. The monoisotopic (exact) mass is 358 g/mol. The Labute approximate surface area is 124 Å². The molecule has 0 saturated carbocycles. The first-order valence-electron chi connectivity index (χ1n) is 5.49. The van der Waals surface area contributed by atoms with Crippen LogP contribution in [-0.4, -0.2) is 21.6 Å². The molecule has 0 saturated heterocycles. The molecule has 0 bridgehead atoms. The second-order valence-corrected chi connectivity index (χ2v) is 6.11. The average Bonchev–Trinajstić information content (AvgIpc) is 2.41. The standard InChI is InChI=1S/C12H11BrN2O4S/c1-19-12(16)15-20(17,18)14-11-7-6-10(13)8-4-2-3-5-9(8)11/h2-7,14H,1H3,(H,15,16). The van der Waals surface area contributed by atoms with E-state index in [0.717, 1.165) is 17.0 Å². The lowest BCUT2D eigenvalue weighted by Gasteiger charge is -2.11. The zero-order valence-corrected chi connectivity index (χ0v) is 12.8. The minimum atomic E-state index is -4.04. The highest BCUT2D eigenvalue weighted by Gasteiger charge is 2.16. The predicted octanol–water partition coefficient (Wildman–Crippen LogP) is 2.62. The lowest BCUT2D eigenvalue weighted by Crippen LogP contribution is -2.35. The van der Waals surface area contributed by atoms with Crippen molar-refractivity contribution < 1.29 is 17.9 Å². The Hall–Kier alpha value is -1.80. The van der Waals surface area contributed by atoms with Crippen LogP contribution < -0.4 is 9.44 Å². The smallest absolute Gasteiger partial charge is 0.422 e. The van der Waals surface area contributed by atoms with Crippen LogP contribution in [0.5, 0.6) is 0 Å². The number of carbonyl (C=O) groups is 1. The SMILES string of the molecule is COC(=O)NS(=O)(=O)Nc1ccc(Br)c2ccccc12. The third-order valence-electron chi connectivity index (χ3n) is 2.52. The van der Waals surface area contributed by atoms with Crippen molar-refractivity contribution in [3.63, 3.8) is 0 Å². The van der Waals surface area contributed by atoms with Crippen molar-refractivity contribution in [2.24, 2.45) is 0 Å². The highest BCUT2D eigenvalue weighted by molar-refractivity contribution is 9.10. The number of hydrogen-bond donors (Lipinski definition) is 2. The first-order chi connectivity index (χ1) is 9.43. The Bertz CT molecular complexity index is 761. The molecule has 20 heavy (non-hydrogen) atoms. The number of halogens is 1. The number of fused-ring (bicyclic) bond motifs is 1. The van der Waals surface area contributed by atoms with Gasteiger partial charge in [-0.3, -0.25) is 4.72 Å². The Morgan fingerprint density at radius 3 is 2.45 bits per heavy atom. The van der Waals surface area contributed by atoms with E-state index < -0.39 is 16.3 Å². The molecule has 0 heterocycles. The molecule has 2 N–H and O–H groups in total. The van der Waals surface area contributed by atoms with Gasteiger partial charge in [0.1, 0.15) is 0 Å². The Kier molecular flexibility index (Phi) is 4.15. The Morgan fingerprint density at radius 2 is 1.80 bits per heavy atom. The summed E-state index contributed by atoms with van der Waals surface area (Å²) in [5.74, 6) is 0. The van der Waals surface area contributed by atoms with Crippen LogP contribution in [0, 0.1) is 0 Å². The third kappa shape index (κ3) is 3.20. The highest BCUT2D eigenvalue weighted by atomic mass is 79.9. The fourth-order valence-electron chi connectivity index (χ4n) is 1.67. The summed E-state index contributed by atoms with van der Waals surface area (Å²) in [4.78, 5) is 11.0. The summed E-state index contributed by atoms with van der Waals surface area (Å²) in [6, 6.07) is 10.6. The maximum atomic E-state index is 11.8. The van der Waals surface area contributed by atoms with Crippen molar-refractivity contribution in [1.82, 2.24) is 4.72 Å². The van der Waals surface area contributed by atoms with E-state index in [1.165, 1.54) is 0 Å². The number of benzene rings is 2. The van der Waals surface area contributed by atoms with Gasteiger partial charge in [0.15, 0.2) is 0 Å². The topological polar surface area (TPSA) is 84.5 Å². The second-order valence-electron chi connectivity index (χ2n) is 3.84. The normalized spacial score (nSPS) is 11.1. The van der Waals surface area contributed by atoms with Gasteiger partial charge in [-0.25, -0.2) is 9.52 Å². The van der Waals surface area contributed by atoms with E-state index in [0.29, 0.717) is 11.1 Å². The predicted molar refractivity (Wildman–Crippen MR) is 79.7 cm³/mol. The van der Waals surface area contributed by atoms with Gasteiger partial charge in [0.25, 0.3) is 0 Å². The molecule has 0 atom stereocenters. The quantitative estimate of drug-likeness (QED) is 0.882. The number of hydrogen-bond acceptors (Lipinski definition) is 4. The number of carbonyl (C=O) groups excluding carboxylic acids is 1. The molecule has 0 spiro atoms. The molecule has 2 aromatic rings.